The molecule has 0 radical (unpaired) electrons. The molecule has 31 heavy (non-hydrogen) atoms. The first-order chi connectivity index (χ1) is 15.1. The second kappa shape index (κ2) is 6.79. The topological polar surface area (TPSA) is 77.2 Å². The summed E-state index contributed by atoms with van der Waals surface area (Å²) in [7, 11) is 0. The highest BCUT2D eigenvalue weighted by molar-refractivity contribution is 5.94. The Morgan fingerprint density at radius 1 is 1.00 bits per heavy atom. The summed E-state index contributed by atoms with van der Waals surface area (Å²) in [6.45, 7) is 4.05. The fraction of sp³-hybridized carbons (Fsp3) is 0.231. The molecule has 6 rings (SSSR count). The maximum atomic E-state index is 12.8. The van der Waals surface area contributed by atoms with Crippen molar-refractivity contribution in [2.45, 2.75) is 37.5 Å². The van der Waals surface area contributed by atoms with E-state index in [1.54, 1.807) is 6.20 Å². The second-order valence-electron chi connectivity index (χ2n) is 8.65. The zero-order chi connectivity index (χ0) is 21.1. The highest BCUT2D eigenvalue weighted by Crippen LogP contribution is 2.55. The van der Waals surface area contributed by atoms with Crippen LogP contribution in [0.5, 0.6) is 0 Å². The standard InChI is InChI=1S/C26H23N3O2/c1-14(27)18-4-7-19(28-12-18)13-29-26(30)17-6-9-21-23(11-17)25-22-10-16(15-2-3-15)5-8-20(22)24(21)31-25/h4-12,15,24-25H,1-3,13,27H2,(H,29,30)/t24-,25+/m0/s1. The molecule has 0 spiro atoms. The van der Waals surface area contributed by atoms with Crippen LogP contribution < -0.4 is 11.1 Å². The number of hydrogen-bond acceptors (Lipinski definition) is 4. The van der Waals surface area contributed by atoms with Gasteiger partial charge in [-0.3, -0.25) is 9.78 Å². The highest BCUT2D eigenvalue weighted by Gasteiger charge is 2.43. The number of nitrogens with two attached hydrogens (primary N) is 1. The van der Waals surface area contributed by atoms with E-state index in [1.165, 1.54) is 35.1 Å². The van der Waals surface area contributed by atoms with Gasteiger partial charge in [0.15, 0.2) is 0 Å². The van der Waals surface area contributed by atoms with E-state index in [-0.39, 0.29) is 18.1 Å². The number of aromatic nitrogens is 1. The van der Waals surface area contributed by atoms with Crippen LogP contribution in [0.4, 0.5) is 0 Å². The molecule has 154 valence electrons. The van der Waals surface area contributed by atoms with Gasteiger partial charge >= 0.3 is 0 Å². The zero-order valence-corrected chi connectivity index (χ0v) is 17.1. The van der Waals surface area contributed by atoms with Crippen molar-refractivity contribution in [1.29, 1.82) is 0 Å². The minimum Gasteiger partial charge on any atom is -0.399 e. The molecule has 5 nitrogen and oxygen atoms in total. The van der Waals surface area contributed by atoms with Gasteiger partial charge in [-0.05, 0) is 70.8 Å². The molecule has 0 saturated heterocycles. The van der Waals surface area contributed by atoms with Gasteiger partial charge in [0.05, 0.1) is 12.2 Å². The number of fused-ring (bicyclic) bond motifs is 8. The lowest BCUT2D eigenvalue weighted by molar-refractivity contribution is 0.0857. The van der Waals surface area contributed by atoms with Crippen molar-refractivity contribution in [3.05, 3.63) is 106 Å². The molecule has 0 unspecified atom stereocenters. The lowest BCUT2D eigenvalue weighted by Crippen LogP contribution is -2.23. The quantitative estimate of drug-likeness (QED) is 0.657. The second-order valence-corrected chi connectivity index (χ2v) is 8.65. The Balaban J connectivity index is 1.20. The fourth-order valence-electron chi connectivity index (χ4n) is 4.67. The van der Waals surface area contributed by atoms with Crippen LogP contribution in [0.25, 0.3) is 5.70 Å². The SMILES string of the molecule is C=C(N)c1ccc(CNC(=O)c2ccc3c(c2)[C@@H]2O[C@H]3c3ccc(C4CC4)cc32)nc1. The fourth-order valence-corrected chi connectivity index (χ4v) is 4.67. The van der Waals surface area contributed by atoms with Crippen LogP contribution in [-0.2, 0) is 11.3 Å². The van der Waals surface area contributed by atoms with Crippen molar-refractivity contribution in [1.82, 2.24) is 10.3 Å². The van der Waals surface area contributed by atoms with E-state index in [0.717, 1.165) is 16.8 Å². The van der Waals surface area contributed by atoms with Crippen molar-refractivity contribution in [2.75, 3.05) is 0 Å². The molecule has 5 heteroatoms. The lowest BCUT2D eigenvalue weighted by atomic mass is 9.84. The van der Waals surface area contributed by atoms with Crippen LogP contribution in [0.3, 0.4) is 0 Å². The van der Waals surface area contributed by atoms with Crippen molar-refractivity contribution >= 4 is 11.6 Å². The van der Waals surface area contributed by atoms with Gasteiger partial charge in [-0.2, -0.15) is 0 Å². The number of carbonyl (C=O) groups excluding carboxylic acids is 1. The molecule has 2 bridgehead atoms. The largest absolute Gasteiger partial charge is 0.399 e. The molecule has 3 heterocycles. The predicted octanol–water partition coefficient (Wildman–Crippen LogP) is 4.34. The van der Waals surface area contributed by atoms with E-state index < -0.39 is 0 Å². The first kappa shape index (κ1) is 18.3. The van der Waals surface area contributed by atoms with Crippen LogP contribution in [0, 0.1) is 0 Å². The summed E-state index contributed by atoms with van der Waals surface area (Å²) in [4.78, 5) is 17.1. The molecule has 1 aromatic heterocycles. The van der Waals surface area contributed by atoms with E-state index >= 15 is 0 Å². The van der Waals surface area contributed by atoms with Crippen molar-refractivity contribution in [2.24, 2.45) is 5.73 Å². The Hall–Kier alpha value is -3.44. The molecule has 3 aromatic rings. The van der Waals surface area contributed by atoms with Gasteiger partial charge in [0.25, 0.3) is 5.91 Å². The Labute approximate surface area is 181 Å². The van der Waals surface area contributed by atoms with Crippen LogP contribution in [0.1, 0.15) is 80.4 Å². The molecule has 1 fully saturated rings. The molecule has 1 saturated carbocycles. The van der Waals surface area contributed by atoms with E-state index in [9.17, 15) is 4.79 Å². The summed E-state index contributed by atoms with van der Waals surface area (Å²) in [6, 6.07) is 16.4. The monoisotopic (exact) mass is 409 g/mol. The number of rotatable bonds is 5. The number of nitrogens with one attached hydrogen (secondary N) is 1. The Bertz CT molecular complexity index is 1230. The third-order valence-electron chi connectivity index (χ3n) is 6.54. The molecule has 3 N–H and O–H groups in total. The van der Waals surface area contributed by atoms with Gasteiger partial charge in [-0.1, -0.05) is 30.8 Å². The summed E-state index contributed by atoms with van der Waals surface area (Å²) in [6.07, 6.45) is 4.15. The minimum atomic E-state index is -0.119. The molecule has 1 amide bonds. The van der Waals surface area contributed by atoms with Gasteiger partial charge in [-0.25, -0.2) is 0 Å². The van der Waals surface area contributed by atoms with E-state index in [1.807, 2.05) is 30.3 Å². The van der Waals surface area contributed by atoms with E-state index in [2.05, 4.69) is 35.1 Å². The van der Waals surface area contributed by atoms with Gasteiger partial charge in [0.2, 0.25) is 0 Å². The van der Waals surface area contributed by atoms with E-state index in [4.69, 9.17) is 10.5 Å². The maximum absolute atomic E-state index is 12.8. The summed E-state index contributed by atoms with van der Waals surface area (Å²) in [5.41, 5.74) is 14.6. The van der Waals surface area contributed by atoms with Gasteiger partial charge in [0.1, 0.15) is 12.2 Å². The van der Waals surface area contributed by atoms with Crippen molar-refractivity contribution in [3.8, 4) is 0 Å². The summed E-state index contributed by atoms with van der Waals surface area (Å²) >= 11 is 0. The molecular formula is C26H23N3O2. The zero-order valence-electron chi connectivity index (χ0n) is 17.1. The molecular weight excluding hydrogens is 386 g/mol. The number of amides is 1. The maximum Gasteiger partial charge on any atom is 0.251 e. The first-order valence-electron chi connectivity index (χ1n) is 10.7. The smallest absolute Gasteiger partial charge is 0.251 e. The Morgan fingerprint density at radius 2 is 1.71 bits per heavy atom. The third kappa shape index (κ3) is 3.04. The minimum absolute atomic E-state index is 0.0135. The Kier molecular flexibility index (Phi) is 4.02. The van der Waals surface area contributed by atoms with Crippen LogP contribution in [0.2, 0.25) is 0 Å². The third-order valence-corrected chi connectivity index (χ3v) is 6.54. The normalized spacial score (nSPS) is 20.3. The number of ether oxygens (including phenoxy) is 1. The number of hydrogen-bond donors (Lipinski definition) is 2. The van der Waals surface area contributed by atoms with Gasteiger partial charge < -0.3 is 15.8 Å². The van der Waals surface area contributed by atoms with Crippen LogP contribution >= 0.6 is 0 Å². The van der Waals surface area contributed by atoms with Crippen molar-refractivity contribution in [3.63, 3.8) is 0 Å². The molecule has 2 aliphatic heterocycles. The molecule has 1 aliphatic carbocycles. The highest BCUT2D eigenvalue weighted by atomic mass is 16.5. The molecule has 3 aliphatic rings. The summed E-state index contributed by atoms with van der Waals surface area (Å²) in [5.74, 6) is 0.596. The summed E-state index contributed by atoms with van der Waals surface area (Å²) < 4.78 is 6.30. The van der Waals surface area contributed by atoms with Crippen molar-refractivity contribution < 1.29 is 9.53 Å². The average molecular weight is 409 g/mol. The van der Waals surface area contributed by atoms with Gasteiger partial charge in [-0.15, -0.1) is 0 Å². The van der Waals surface area contributed by atoms with E-state index in [0.29, 0.717) is 23.7 Å². The van der Waals surface area contributed by atoms with Gasteiger partial charge in [0, 0.05) is 23.0 Å². The number of carbonyl (C=O) groups is 1. The lowest BCUT2D eigenvalue weighted by Gasteiger charge is -2.17. The van der Waals surface area contributed by atoms with Crippen LogP contribution in [0.15, 0.2) is 61.3 Å². The van der Waals surface area contributed by atoms with Crippen LogP contribution in [-0.4, -0.2) is 10.9 Å². The average Bonchev–Trinajstić information content (AvgIpc) is 3.50. The molecule has 2 atom stereocenters. The first-order valence-corrected chi connectivity index (χ1v) is 10.7. The predicted molar refractivity (Wildman–Crippen MR) is 118 cm³/mol. The number of pyridine rings is 1. The Morgan fingerprint density at radius 3 is 2.42 bits per heavy atom. The summed E-state index contributed by atoms with van der Waals surface area (Å²) in [5, 5.41) is 2.95. The number of nitrogens with zero attached hydrogens (tertiary/aromatic N) is 1. The number of benzene rings is 2. The molecule has 2 aromatic carbocycles.